The molecular formula is C13H13N3O3. The third kappa shape index (κ3) is 2.62. The number of nitrogens with zero attached hydrogens (tertiary/aromatic N) is 2. The molecule has 6 heteroatoms. The van der Waals surface area contributed by atoms with Crippen molar-refractivity contribution in [1.29, 1.82) is 0 Å². The number of rotatable bonds is 4. The van der Waals surface area contributed by atoms with Gasteiger partial charge >= 0.3 is 5.97 Å². The van der Waals surface area contributed by atoms with Crippen LogP contribution in [0.1, 0.15) is 23.3 Å². The number of carboxylic acids is 1. The quantitative estimate of drug-likeness (QED) is 0.864. The fourth-order valence-electron chi connectivity index (χ4n) is 1.64. The maximum absolute atomic E-state index is 11.0. The van der Waals surface area contributed by atoms with E-state index in [1.165, 1.54) is 4.68 Å². The highest BCUT2D eigenvalue weighted by Crippen LogP contribution is 2.20. The molecule has 1 heterocycles. The molecule has 0 fully saturated rings. The number of carbonyl (C=O) groups is 2. The minimum atomic E-state index is -0.946. The maximum Gasteiger partial charge on any atom is 0.328 e. The van der Waals surface area contributed by atoms with Crippen LogP contribution in [0.25, 0.3) is 11.1 Å². The van der Waals surface area contributed by atoms with Gasteiger partial charge in [-0.3, -0.25) is 9.48 Å². The summed E-state index contributed by atoms with van der Waals surface area (Å²) in [5, 5.41) is 12.9. The van der Waals surface area contributed by atoms with Gasteiger partial charge in [0.05, 0.1) is 6.20 Å². The lowest BCUT2D eigenvalue weighted by atomic mass is 10.1. The predicted octanol–water partition coefficient (Wildman–Crippen LogP) is 1.29. The summed E-state index contributed by atoms with van der Waals surface area (Å²) in [6.07, 6.45) is 3.23. The Labute approximate surface area is 109 Å². The molecule has 0 spiro atoms. The molecule has 1 atom stereocenters. The molecule has 1 amide bonds. The number of carbonyl (C=O) groups excluding carboxylic acids is 1. The smallest absolute Gasteiger partial charge is 0.328 e. The molecule has 3 N–H and O–H groups in total. The average Bonchev–Trinajstić information content (AvgIpc) is 2.87. The SMILES string of the molecule is CC(C(=O)O)n1cc(-c2ccc(C(N)=O)cc2)cn1. The second-order valence-corrected chi connectivity index (χ2v) is 4.16. The van der Waals surface area contributed by atoms with E-state index >= 15 is 0 Å². The highest BCUT2D eigenvalue weighted by Gasteiger charge is 2.14. The summed E-state index contributed by atoms with van der Waals surface area (Å²) in [5.41, 5.74) is 7.21. The molecule has 2 rings (SSSR count). The van der Waals surface area contributed by atoms with Gasteiger partial charge in [-0.05, 0) is 24.6 Å². The van der Waals surface area contributed by atoms with Crippen molar-refractivity contribution >= 4 is 11.9 Å². The van der Waals surface area contributed by atoms with E-state index in [-0.39, 0.29) is 0 Å². The number of carboxylic acid groups (broad SMARTS) is 1. The molecule has 1 aromatic carbocycles. The number of amides is 1. The lowest BCUT2D eigenvalue weighted by Crippen LogP contribution is -2.15. The highest BCUT2D eigenvalue weighted by atomic mass is 16.4. The second-order valence-electron chi connectivity index (χ2n) is 4.16. The van der Waals surface area contributed by atoms with E-state index in [2.05, 4.69) is 5.10 Å². The number of benzene rings is 1. The van der Waals surface area contributed by atoms with Crippen molar-refractivity contribution in [3.63, 3.8) is 0 Å². The summed E-state index contributed by atoms with van der Waals surface area (Å²) < 4.78 is 1.37. The van der Waals surface area contributed by atoms with Gasteiger partial charge in [-0.25, -0.2) is 4.79 Å². The first kappa shape index (κ1) is 12.8. The molecule has 19 heavy (non-hydrogen) atoms. The van der Waals surface area contributed by atoms with Crippen molar-refractivity contribution in [1.82, 2.24) is 9.78 Å². The summed E-state index contributed by atoms with van der Waals surface area (Å²) in [4.78, 5) is 21.8. The Bertz CT molecular complexity index is 616. The summed E-state index contributed by atoms with van der Waals surface area (Å²) >= 11 is 0. The van der Waals surface area contributed by atoms with Crippen LogP contribution in [0, 0.1) is 0 Å². The fraction of sp³-hybridized carbons (Fsp3) is 0.154. The molecule has 0 aliphatic rings. The van der Waals surface area contributed by atoms with Crippen LogP contribution in [0.15, 0.2) is 36.7 Å². The van der Waals surface area contributed by atoms with E-state index < -0.39 is 17.9 Å². The first-order valence-electron chi connectivity index (χ1n) is 5.66. The molecule has 2 aromatic rings. The topological polar surface area (TPSA) is 98.2 Å². The number of aliphatic carboxylic acids is 1. The summed E-state index contributed by atoms with van der Waals surface area (Å²) in [7, 11) is 0. The van der Waals surface area contributed by atoms with Gasteiger partial charge in [-0.2, -0.15) is 5.10 Å². The van der Waals surface area contributed by atoms with Crippen LogP contribution in [0.4, 0.5) is 0 Å². The molecular weight excluding hydrogens is 246 g/mol. The van der Waals surface area contributed by atoms with Gasteiger partial charge in [0.2, 0.25) is 5.91 Å². The zero-order chi connectivity index (χ0) is 14.0. The van der Waals surface area contributed by atoms with Gasteiger partial charge in [0.25, 0.3) is 0 Å². The Kier molecular flexibility index (Phi) is 3.33. The van der Waals surface area contributed by atoms with Gasteiger partial charge in [0.1, 0.15) is 6.04 Å². The standard InChI is InChI=1S/C13H13N3O3/c1-8(13(18)19)16-7-11(6-15-16)9-2-4-10(5-3-9)12(14)17/h2-8H,1H3,(H2,14,17)(H,18,19). The molecule has 98 valence electrons. The third-order valence-electron chi connectivity index (χ3n) is 2.86. The summed E-state index contributed by atoms with van der Waals surface area (Å²) in [5.74, 6) is -1.43. The van der Waals surface area contributed by atoms with Crippen molar-refractivity contribution < 1.29 is 14.7 Å². The molecule has 1 aromatic heterocycles. The first-order chi connectivity index (χ1) is 8.99. The van der Waals surface area contributed by atoms with Gasteiger partial charge < -0.3 is 10.8 Å². The van der Waals surface area contributed by atoms with E-state index in [1.807, 2.05) is 0 Å². The summed E-state index contributed by atoms with van der Waals surface area (Å²) in [6.45, 7) is 1.55. The van der Waals surface area contributed by atoms with E-state index in [9.17, 15) is 9.59 Å². The Morgan fingerprint density at radius 2 is 1.89 bits per heavy atom. The van der Waals surface area contributed by atoms with Crippen LogP contribution < -0.4 is 5.73 Å². The zero-order valence-corrected chi connectivity index (χ0v) is 10.3. The molecule has 0 saturated carbocycles. The molecule has 6 nitrogen and oxygen atoms in total. The lowest BCUT2D eigenvalue weighted by Gasteiger charge is -2.05. The van der Waals surface area contributed by atoms with Crippen LogP contribution in [0.5, 0.6) is 0 Å². The van der Waals surface area contributed by atoms with Crippen LogP contribution >= 0.6 is 0 Å². The zero-order valence-electron chi connectivity index (χ0n) is 10.3. The maximum atomic E-state index is 11.0. The van der Waals surface area contributed by atoms with Gasteiger partial charge in [0.15, 0.2) is 0 Å². The van der Waals surface area contributed by atoms with Crippen LogP contribution in [-0.4, -0.2) is 26.8 Å². The predicted molar refractivity (Wildman–Crippen MR) is 68.5 cm³/mol. The van der Waals surface area contributed by atoms with Crippen LogP contribution in [0.3, 0.4) is 0 Å². The second kappa shape index (κ2) is 4.93. The Morgan fingerprint density at radius 1 is 1.26 bits per heavy atom. The molecule has 0 aliphatic heterocycles. The largest absolute Gasteiger partial charge is 0.480 e. The van der Waals surface area contributed by atoms with Crippen molar-refractivity contribution in [2.24, 2.45) is 5.73 Å². The van der Waals surface area contributed by atoms with Crippen LogP contribution in [-0.2, 0) is 4.79 Å². The molecule has 1 unspecified atom stereocenters. The Hall–Kier alpha value is -2.63. The van der Waals surface area contributed by atoms with Crippen molar-refractivity contribution in [3.8, 4) is 11.1 Å². The first-order valence-corrected chi connectivity index (χ1v) is 5.66. The summed E-state index contributed by atoms with van der Waals surface area (Å²) in [6, 6.07) is 6.00. The number of primary amides is 1. The lowest BCUT2D eigenvalue weighted by molar-refractivity contribution is -0.140. The monoisotopic (exact) mass is 259 g/mol. The number of aromatic nitrogens is 2. The number of hydrogen-bond acceptors (Lipinski definition) is 3. The van der Waals surface area contributed by atoms with Gasteiger partial charge in [-0.1, -0.05) is 12.1 Å². The van der Waals surface area contributed by atoms with E-state index in [4.69, 9.17) is 10.8 Å². The van der Waals surface area contributed by atoms with Gasteiger partial charge in [0, 0.05) is 17.3 Å². The minimum absolute atomic E-state index is 0.426. The minimum Gasteiger partial charge on any atom is -0.480 e. The van der Waals surface area contributed by atoms with E-state index in [1.54, 1.807) is 43.6 Å². The molecule has 0 aliphatic carbocycles. The van der Waals surface area contributed by atoms with Crippen molar-refractivity contribution in [2.75, 3.05) is 0 Å². The molecule has 0 saturated heterocycles. The van der Waals surface area contributed by atoms with Gasteiger partial charge in [-0.15, -0.1) is 0 Å². The highest BCUT2D eigenvalue weighted by molar-refractivity contribution is 5.93. The van der Waals surface area contributed by atoms with Crippen LogP contribution in [0.2, 0.25) is 0 Å². The third-order valence-corrected chi connectivity index (χ3v) is 2.86. The fourth-order valence-corrected chi connectivity index (χ4v) is 1.64. The molecule has 0 bridgehead atoms. The Morgan fingerprint density at radius 3 is 2.42 bits per heavy atom. The number of nitrogens with two attached hydrogens (primary N) is 1. The van der Waals surface area contributed by atoms with E-state index in [0.29, 0.717) is 5.56 Å². The average molecular weight is 259 g/mol. The van der Waals surface area contributed by atoms with E-state index in [0.717, 1.165) is 11.1 Å². The normalized spacial score (nSPS) is 12.1. The van der Waals surface area contributed by atoms with Crippen molar-refractivity contribution in [3.05, 3.63) is 42.2 Å². The van der Waals surface area contributed by atoms with Crippen molar-refractivity contribution in [2.45, 2.75) is 13.0 Å². The number of hydrogen-bond donors (Lipinski definition) is 2. The Balaban J connectivity index is 2.27. The molecule has 0 radical (unpaired) electrons.